The van der Waals surface area contributed by atoms with Crippen LogP contribution < -0.4 is 0 Å². The summed E-state index contributed by atoms with van der Waals surface area (Å²) in [5, 5.41) is 0. The highest BCUT2D eigenvalue weighted by Crippen LogP contribution is 2.72. The average Bonchev–Trinajstić information content (AvgIpc) is 2.23. The Morgan fingerprint density at radius 3 is 1.88 bits per heavy atom. The highest BCUT2D eigenvalue weighted by Gasteiger charge is 2.67. The Labute approximate surface area is 57.8 Å². The molecule has 4 fully saturated rings. The zero-order valence-electron chi connectivity index (χ0n) is 4.68. The fraction of sp³-hybridized carbons (Fsp3) is 1.00. The zero-order chi connectivity index (χ0) is 5.30. The van der Waals surface area contributed by atoms with Crippen LogP contribution in [0.3, 0.4) is 0 Å². The monoisotopic (exact) mass is 172 g/mol. The highest BCUT2D eigenvalue weighted by molar-refractivity contribution is 9.09. The first-order valence-electron chi connectivity index (χ1n) is 3.52. The molecule has 4 aliphatic rings. The molecule has 0 aliphatic heterocycles. The molecule has 0 aromatic rings. The van der Waals surface area contributed by atoms with Gasteiger partial charge in [0.05, 0.1) is 0 Å². The Kier molecular flexibility index (Phi) is 0.555. The van der Waals surface area contributed by atoms with Crippen LogP contribution in [0.4, 0.5) is 0 Å². The van der Waals surface area contributed by atoms with Gasteiger partial charge in [-0.15, -0.1) is 0 Å². The van der Waals surface area contributed by atoms with Gasteiger partial charge in [0.15, 0.2) is 0 Å². The van der Waals surface area contributed by atoms with Gasteiger partial charge in [-0.1, -0.05) is 15.9 Å². The molecular weight excluding hydrogens is 164 g/mol. The molecule has 8 heavy (non-hydrogen) atoms. The summed E-state index contributed by atoms with van der Waals surface area (Å²) in [5.41, 5.74) is 0. The van der Waals surface area contributed by atoms with Crippen molar-refractivity contribution < 1.29 is 0 Å². The molecule has 0 heterocycles. The molecule has 5 atom stereocenters. The largest absolute Gasteiger partial charge is 0.0884 e. The van der Waals surface area contributed by atoms with Crippen LogP contribution in [0.1, 0.15) is 12.8 Å². The maximum atomic E-state index is 3.75. The van der Waals surface area contributed by atoms with Crippen molar-refractivity contribution in [3.8, 4) is 0 Å². The van der Waals surface area contributed by atoms with Gasteiger partial charge in [-0.05, 0) is 36.5 Å². The summed E-state index contributed by atoms with van der Waals surface area (Å²) < 4.78 is 0. The molecule has 0 radical (unpaired) electrons. The van der Waals surface area contributed by atoms with E-state index >= 15 is 0 Å². The van der Waals surface area contributed by atoms with Crippen molar-refractivity contribution in [2.24, 2.45) is 23.7 Å². The number of hydrogen-bond donors (Lipinski definition) is 0. The third-order valence-corrected chi connectivity index (χ3v) is 4.72. The smallest absolute Gasteiger partial charge is 0.0208 e. The maximum absolute atomic E-state index is 3.75. The first-order valence-corrected chi connectivity index (χ1v) is 4.43. The van der Waals surface area contributed by atoms with E-state index in [-0.39, 0.29) is 0 Å². The van der Waals surface area contributed by atoms with Crippen LogP contribution in [-0.4, -0.2) is 4.83 Å². The van der Waals surface area contributed by atoms with Gasteiger partial charge in [0.25, 0.3) is 0 Å². The summed E-state index contributed by atoms with van der Waals surface area (Å²) >= 11 is 3.75. The molecule has 1 heteroatoms. The van der Waals surface area contributed by atoms with Crippen LogP contribution in [0.2, 0.25) is 0 Å². The highest BCUT2D eigenvalue weighted by atomic mass is 79.9. The molecule has 4 aliphatic carbocycles. The zero-order valence-corrected chi connectivity index (χ0v) is 6.26. The molecule has 0 N–H and O–H groups in total. The van der Waals surface area contributed by atoms with Crippen molar-refractivity contribution in [3.05, 3.63) is 0 Å². The molecule has 0 aromatic heterocycles. The van der Waals surface area contributed by atoms with E-state index in [1.807, 2.05) is 0 Å². The van der Waals surface area contributed by atoms with Gasteiger partial charge in [-0.2, -0.15) is 0 Å². The number of alkyl halides is 1. The lowest BCUT2D eigenvalue weighted by Gasteiger charge is -2.02. The normalized spacial score (nSPS) is 73.9. The molecule has 2 unspecified atom stereocenters. The standard InChI is InChI=1S/C7H9Br/c8-7-3-1-4-5(2-3)6(4)7/h3-7H,1-2H2/t3?,4-,5+,6?,7-/m0/s1. The number of rotatable bonds is 0. The lowest BCUT2D eigenvalue weighted by atomic mass is 10.1. The first-order chi connectivity index (χ1) is 3.88. The fourth-order valence-corrected chi connectivity index (χ4v) is 4.20. The minimum absolute atomic E-state index is 0.942. The molecule has 0 nitrogen and oxygen atoms in total. The lowest BCUT2D eigenvalue weighted by Crippen LogP contribution is -2.00. The van der Waals surface area contributed by atoms with Crippen LogP contribution in [0, 0.1) is 23.7 Å². The van der Waals surface area contributed by atoms with Crippen LogP contribution in [0.25, 0.3) is 0 Å². The van der Waals surface area contributed by atoms with Crippen LogP contribution in [0.5, 0.6) is 0 Å². The molecule has 4 rings (SSSR count). The van der Waals surface area contributed by atoms with E-state index in [0.717, 1.165) is 16.7 Å². The maximum Gasteiger partial charge on any atom is 0.0208 e. The first kappa shape index (κ1) is 4.32. The molecule has 0 aromatic carbocycles. The van der Waals surface area contributed by atoms with Gasteiger partial charge in [-0.25, -0.2) is 0 Å². The fourth-order valence-electron chi connectivity index (χ4n) is 2.98. The molecule has 4 bridgehead atoms. The van der Waals surface area contributed by atoms with Crippen molar-refractivity contribution in [3.63, 3.8) is 0 Å². The summed E-state index contributed by atoms with van der Waals surface area (Å²) in [4.78, 5) is 0.942. The molecular formula is C7H9Br. The molecule has 0 saturated heterocycles. The summed E-state index contributed by atoms with van der Waals surface area (Å²) in [5.74, 6) is 4.60. The van der Waals surface area contributed by atoms with Gasteiger partial charge >= 0.3 is 0 Å². The quantitative estimate of drug-likeness (QED) is 0.491. The second kappa shape index (κ2) is 1.03. The number of hydrogen-bond acceptors (Lipinski definition) is 0. The van der Waals surface area contributed by atoms with Crippen LogP contribution in [0.15, 0.2) is 0 Å². The van der Waals surface area contributed by atoms with Gasteiger partial charge in [-0.3, -0.25) is 0 Å². The van der Waals surface area contributed by atoms with E-state index in [2.05, 4.69) is 15.9 Å². The van der Waals surface area contributed by atoms with E-state index in [9.17, 15) is 0 Å². The van der Waals surface area contributed by atoms with E-state index in [4.69, 9.17) is 0 Å². The Morgan fingerprint density at radius 2 is 1.75 bits per heavy atom. The van der Waals surface area contributed by atoms with Crippen molar-refractivity contribution >= 4 is 15.9 Å². The summed E-state index contributed by atoms with van der Waals surface area (Å²) in [6, 6.07) is 0. The van der Waals surface area contributed by atoms with E-state index < -0.39 is 0 Å². The van der Waals surface area contributed by atoms with Crippen molar-refractivity contribution in [1.29, 1.82) is 0 Å². The third kappa shape index (κ3) is 0.278. The van der Waals surface area contributed by atoms with Gasteiger partial charge < -0.3 is 0 Å². The molecule has 4 saturated carbocycles. The summed E-state index contributed by atoms with van der Waals surface area (Å²) in [6.07, 6.45) is 3.12. The lowest BCUT2D eigenvalue weighted by molar-refractivity contribution is 0.620. The molecule has 0 spiro atoms. The minimum atomic E-state index is 0.942. The molecule has 44 valence electrons. The van der Waals surface area contributed by atoms with Crippen molar-refractivity contribution in [2.45, 2.75) is 17.7 Å². The van der Waals surface area contributed by atoms with Crippen LogP contribution in [-0.2, 0) is 0 Å². The number of halogens is 1. The SMILES string of the molecule is Br[C@H]1C2C[C@@H]3C1[C@@H]3C2. The second-order valence-corrected chi connectivity index (χ2v) is 4.64. The average molecular weight is 173 g/mol. The summed E-state index contributed by atoms with van der Waals surface area (Å²) in [7, 11) is 0. The Balaban J connectivity index is 2.10. The molecule has 0 amide bonds. The Hall–Kier alpha value is 0.480. The third-order valence-electron chi connectivity index (χ3n) is 3.37. The second-order valence-electron chi connectivity index (χ2n) is 3.58. The van der Waals surface area contributed by atoms with Crippen molar-refractivity contribution in [2.75, 3.05) is 0 Å². The van der Waals surface area contributed by atoms with Crippen molar-refractivity contribution in [1.82, 2.24) is 0 Å². The minimum Gasteiger partial charge on any atom is -0.0884 e. The van der Waals surface area contributed by atoms with E-state index in [0.29, 0.717) is 0 Å². The van der Waals surface area contributed by atoms with Crippen LogP contribution >= 0.6 is 15.9 Å². The summed E-state index contributed by atoms with van der Waals surface area (Å²) in [6.45, 7) is 0. The Bertz CT molecular complexity index is 129. The van der Waals surface area contributed by atoms with Gasteiger partial charge in [0, 0.05) is 4.83 Å². The van der Waals surface area contributed by atoms with Gasteiger partial charge in [0.1, 0.15) is 0 Å². The topological polar surface area (TPSA) is 0 Å². The predicted molar refractivity (Wildman–Crippen MR) is 35.9 cm³/mol. The van der Waals surface area contributed by atoms with Gasteiger partial charge in [0.2, 0.25) is 0 Å². The van der Waals surface area contributed by atoms with E-state index in [1.54, 1.807) is 12.8 Å². The predicted octanol–water partition coefficient (Wildman–Crippen LogP) is 2.04. The van der Waals surface area contributed by atoms with E-state index in [1.165, 1.54) is 11.8 Å². The Morgan fingerprint density at radius 1 is 1.12 bits per heavy atom.